The van der Waals surface area contributed by atoms with Crippen LogP contribution in [0.5, 0.6) is 11.5 Å². The van der Waals surface area contributed by atoms with Gasteiger partial charge < -0.3 is 19.9 Å². The number of hydrogen-bond acceptors (Lipinski definition) is 4. The highest BCUT2D eigenvalue weighted by atomic mass is 16.5. The predicted molar refractivity (Wildman–Crippen MR) is 78.4 cm³/mol. The number of benzene rings is 1. The number of rotatable bonds is 7. The van der Waals surface area contributed by atoms with Crippen molar-refractivity contribution in [3.05, 3.63) is 29.8 Å². The summed E-state index contributed by atoms with van der Waals surface area (Å²) >= 11 is 0. The van der Waals surface area contributed by atoms with Crippen LogP contribution in [-0.4, -0.2) is 36.7 Å². The van der Waals surface area contributed by atoms with Crippen molar-refractivity contribution < 1.29 is 24.2 Å². The Balaban J connectivity index is 2.66. The van der Waals surface area contributed by atoms with Crippen LogP contribution in [-0.2, 0) is 9.59 Å². The number of methoxy groups -OCH3 is 1. The topological polar surface area (TPSA) is 84.9 Å². The average molecular weight is 293 g/mol. The predicted octanol–water partition coefficient (Wildman–Crippen LogP) is 1.70. The molecule has 6 nitrogen and oxygen atoms in total. The third-order valence-corrected chi connectivity index (χ3v) is 2.65. The number of carbonyl (C=O) groups is 2. The number of nitrogens with one attached hydrogen (secondary N) is 1. The van der Waals surface area contributed by atoms with Crippen molar-refractivity contribution >= 4 is 18.0 Å². The van der Waals surface area contributed by atoms with Crippen LogP contribution in [0.15, 0.2) is 24.3 Å². The summed E-state index contributed by atoms with van der Waals surface area (Å²) in [4.78, 5) is 22.2. The van der Waals surface area contributed by atoms with E-state index in [1.165, 1.54) is 14.0 Å². The van der Waals surface area contributed by atoms with Gasteiger partial charge >= 0.3 is 5.97 Å². The molecule has 1 atom stereocenters. The van der Waals surface area contributed by atoms with Gasteiger partial charge in [0.05, 0.1) is 7.11 Å². The zero-order chi connectivity index (χ0) is 15.8. The summed E-state index contributed by atoms with van der Waals surface area (Å²) < 4.78 is 10.5. The van der Waals surface area contributed by atoms with Gasteiger partial charge in [-0.2, -0.15) is 0 Å². The molecule has 0 aliphatic carbocycles. The lowest BCUT2D eigenvalue weighted by Gasteiger charge is -2.13. The molecule has 1 aromatic rings. The fraction of sp³-hybridized carbons (Fsp3) is 0.333. The minimum atomic E-state index is -1.10. The summed E-state index contributed by atoms with van der Waals surface area (Å²) in [6.45, 7) is 3.01. The molecule has 1 amide bonds. The van der Waals surface area contributed by atoms with Crippen LogP contribution < -0.4 is 14.8 Å². The smallest absolute Gasteiger partial charge is 0.325 e. The Morgan fingerprint density at radius 3 is 2.67 bits per heavy atom. The van der Waals surface area contributed by atoms with Crippen LogP contribution >= 0.6 is 0 Å². The number of allylic oxidation sites excluding steroid dienone is 1. The van der Waals surface area contributed by atoms with Gasteiger partial charge in [-0.15, -0.1) is 0 Å². The van der Waals surface area contributed by atoms with E-state index in [-0.39, 0.29) is 6.61 Å². The number of ether oxygens (including phenoxy) is 2. The van der Waals surface area contributed by atoms with Gasteiger partial charge in [-0.3, -0.25) is 9.59 Å². The van der Waals surface area contributed by atoms with Crippen LogP contribution in [0.1, 0.15) is 19.4 Å². The molecular weight excluding hydrogens is 274 g/mol. The molecule has 0 spiro atoms. The average Bonchev–Trinajstić information content (AvgIpc) is 2.45. The molecule has 0 saturated heterocycles. The first-order chi connectivity index (χ1) is 9.97. The van der Waals surface area contributed by atoms with Crippen molar-refractivity contribution in [2.75, 3.05) is 13.7 Å². The molecule has 0 aromatic heterocycles. The lowest BCUT2D eigenvalue weighted by atomic mass is 10.2. The number of carboxylic acid groups (broad SMARTS) is 1. The minimum Gasteiger partial charge on any atom is -0.493 e. The molecule has 0 fully saturated rings. The standard InChI is InChI=1S/C15H19NO5/c1-4-5-11-6-7-12(13(8-11)20-3)21-9-14(17)16-10(2)15(18)19/h4-8,10H,9H2,1-3H3,(H,16,17)(H,18,19)/b5-4+/t10-/m0/s1. The van der Waals surface area contributed by atoms with Gasteiger partial charge in [0.1, 0.15) is 6.04 Å². The molecule has 2 N–H and O–H groups in total. The maximum Gasteiger partial charge on any atom is 0.325 e. The third-order valence-electron chi connectivity index (χ3n) is 2.65. The van der Waals surface area contributed by atoms with Gasteiger partial charge in [-0.25, -0.2) is 0 Å². The zero-order valence-electron chi connectivity index (χ0n) is 12.3. The molecule has 0 unspecified atom stereocenters. The van der Waals surface area contributed by atoms with E-state index in [9.17, 15) is 9.59 Å². The Morgan fingerprint density at radius 1 is 1.38 bits per heavy atom. The molecule has 21 heavy (non-hydrogen) atoms. The second kappa shape index (κ2) is 7.94. The van der Waals surface area contributed by atoms with Crippen LogP contribution in [0.25, 0.3) is 6.08 Å². The van der Waals surface area contributed by atoms with Gasteiger partial charge in [0.2, 0.25) is 0 Å². The molecule has 114 valence electrons. The fourth-order valence-corrected chi connectivity index (χ4v) is 1.59. The first-order valence-corrected chi connectivity index (χ1v) is 6.43. The van der Waals surface area contributed by atoms with Crippen LogP contribution in [0, 0.1) is 0 Å². The summed E-state index contributed by atoms with van der Waals surface area (Å²) in [5, 5.41) is 11.0. The zero-order valence-corrected chi connectivity index (χ0v) is 12.3. The summed E-state index contributed by atoms with van der Waals surface area (Å²) in [7, 11) is 1.51. The highest BCUT2D eigenvalue weighted by Gasteiger charge is 2.15. The summed E-state index contributed by atoms with van der Waals surface area (Å²) in [5.74, 6) is -0.685. The van der Waals surface area contributed by atoms with Crippen molar-refractivity contribution in [2.45, 2.75) is 19.9 Å². The lowest BCUT2D eigenvalue weighted by molar-refractivity contribution is -0.141. The Hall–Kier alpha value is -2.50. The van der Waals surface area contributed by atoms with E-state index >= 15 is 0 Å². The molecule has 0 heterocycles. The Labute approximate surface area is 123 Å². The SMILES string of the molecule is C/C=C/c1ccc(OCC(=O)N[C@@H](C)C(=O)O)c(OC)c1. The Kier molecular flexibility index (Phi) is 6.26. The number of hydrogen-bond donors (Lipinski definition) is 2. The molecule has 0 saturated carbocycles. The first kappa shape index (κ1) is 16.6. The largest absolute Gasteiger partial charge is 0.493 e. The van der Waals surface area contributed by atoms with Crippen LogP contribution in [0.4, 0.5) is 0 Å². The van der Waals surface area contributed by atoms with E-state index < -0.39 is 17.9 Å². The van der Waals surface area contributed by atoms with Crippen molar-refractivity contribution in [3.63, 3.8) is 0 Å². The highest BCUT2D eigenvalue weighted by molar-refractivity contribution is 5.84. The van der Waals surface area contributed by atoms with E-state index in [0.717, 1.165) is 5.56 Å². The van der Waals surface area contributed by atoms with Crippen molar-refractivity contribution in [3.8, 4) is 11.5 Å². The van der Waals surface area contributed by atoms with Gasteiger partial charge in [-0.1, -0.05) is 18.2 Å². The quantitative estimate of drug-likeness (QED) is 0.799. The molecule has 1 rings (SSSR count). The van der Waals surface area contributed by atoms with Gasteiger partial charge in [-0.05, 0) is 31.5 Å². The van der Waals surface area contributed by atoms with Crippen molar-refractivity contribution in [1.82, 2.24) is 5.32 Å². The molecule has 0 aliphatic heterocycles. The first-order valence-electron chi connectivity index (χ1n) is 6.43. The van der Waals surface area contributed by atoms with E-state index in [2.05, 4.69) is 5.32 Å². The second-order valence-electron chi connectivity index (χ2n) is 4.33. The van der Waals surface area contributed by atoms with Gasteiger partial charge in [0.25, 0.3) is 5.91 Å². The van der Waals surface area contributed by atoms with Crippen molar-refractivity contribution in [1.29, 1.82) is 0 Å². The van der Waals surface area contributed by atoms with Crippen LogP contribution in [0.3, 0.4) is 0 Å². The fourth-order valence-electron chi connectivity index (χ4n) is 1.59. The molecule has 6 heteroatoms. The maximum atomic E-state index is 11.5. The van der Waals surface area contributed by atoms with E-state index in [4.69, 9.17) is 14.6 Å². The summed E-state index contributed by atoms with van der Waals surface area (Å²) in [6.07, 6.45) is 3.81. The van der Waals surface area contributed by atoms with E-state index in [0.29, 0.717) is 11.5 Å². The maximum absolute atomic E-state index is 11.5. The molecule has 1 aromatic carbocycles. The van der Waals surface area contributed by atoms with Gasteiger partial charge in [0, 0.05) is 0 Å². The normalized spacial score (nSPS) is 12.0. The molecule has 0 bridgehead atoms. The summed E-state index contributed by atoms with van der Waals surface area (Å²) in [6, 6.07) is 4.35. The van der Waals surface area contributed by atoms with Crippen LogP contribution in [0.2, 0.25) is 0 Å². The number of amides is 1. The number of carbonyl (C=O) groups excluding carboxylic acids is 1. The molecule has 0 radical (unpaired) electrons. The third kappa shape index (κ3) is 5.18. The minimum absolute atomic E-state index is 0.281. The van der Waals surface area contributed by atoms with Gasteiger partial charge in [0.15, 0.2) is 18.1 Å². The molecular formula is C15H19NO5. The Morgan fingerprint density at radius 2 is 2.10 bits per heavy atom. The van der Waals surface area contributed by atoms with Crippen molar-refractivity contribution in [2.24, 2.45) is 0 Å². The summed E-state index contributed by atoms with van der Waals surface area (Å²) in [5.41, 5.74) is 0.950. The number of carboxylic acids is 1. The van der Waals surface area contributed by atoms with E-state index in [1.54, 1.807) is 12.1 Å². The monoisotopic (exact) mass is 293 g/mol. The van der Waals surface area contributed by atoms with E-state index in [1.807, 2.05) is 25.1 Å². The molecule has 0 aliphatic rings. The number of aliphatic carboxylic acids is 1. The lowest BCUT2D eigenvalue weighted by Crippen LogP contribution is -2.40. The Bertz CT molecular complexity index is 539. The highest BCUT2D eigenvalue weighted by Crippen LogP contribution is 2.28. The second-order valence-corrected chi connectivity index (χ2v) is 4.33.